The van der Waals surface area contributed by atoms with Gasteiger partial charge in [-0.15, -0.1) is 0 Å². The van der Waals surface area contributed by atoms with E-state index in [4.69, 9.17) is 14.2 Å². The second-order valence-electron chi connectivity index (χ2n) is 10.7. The van der Waals surface area contributed by atoms with Gasteiger partial charge in [0.05, 0.1) is 28.9 Å². The van der Waals surface area contributed by atoms with Gasteiger partial charge < -0.3 is 19.3 Å². The van der Waals surface area contributed by atoms with E-state index in [0.29, 0.717) is 52.2 Å². The minimum absolute atomic E-state index is 0.0120. The summed E-state index contributed by atoms with van der Waals surface area (Å²) in [6.45, 7) is 7.16. The summed E-state index contributed by atoms with van der Waals surface area (Å²) in [5, 5.41) is 11.9. The number of Topliss-reactive ketones (excluding diaryl/α,β-unsaturated/α-hetero) is 1. The van der Waals surface area contributed by atoms with Crippen molar-refractivity contribution in [1.29, 1.82) is 0 Å². The van der Waals surface area contributed by atoms with Crippen molar-refractivity contribution in [3.8, 4) is 17.2 Å². The quantitative estimate of drug-likeness (QED) is 0.187. The maximum atomic E-state index is 13.6. The predicted molar refractivity (Wildman–Crippen MR) is 154 cm³/mol. The second-order valence-corrected chi connectivity index (χ2v) is 11.7. The van der Waals surface area contributed by atoms with Crippen LogP contribution in [0, 0.1) is 0 Å². The van der Waals surface area contributed by atoms with Crippen LogP contribution in [-0.2, 0) is 15.0 Å². The summed E-state index contributed by atoms with van der Waals surface area (Å²) >= 11 is 1.28. The number of aliphatic hydroxyl groups excluding tert-OH is 1. The van der Waals surface area contributed by atoms with Crippen LogP contribution in [0.2, 0.25) is 0 Å². The van der Waals surface area contributed by atoms with E-state index in [-0.39, 0.29) is 16.7 Å². The summed E-state index contributed by atoms with van der Waals surface area (Å²) in [7, 11) is 1.58. The molecule has 1 N–H and O–H groups in total. The normalized spacial score (nSPS) is 18.4. The highest BCUT2D eigenvalue weighted by Gasteiger charge is 2.48. The van der Waals surface area contributed by atoms with Gasteiger partial charge in [0.2, 0.25) is 0 Å². The molecule has 0 unspecified atom stereocenters. The number of methoxy groups -OCH3 is 1. The van der Waals surface area contributed by atoms with Crippen LogP contribution in [0.4, 0.5) is 5.13 Å². The Balaban J connectivity index is 1.52. The SMILES string of the molecule is COc1ccc2nc(N3C(=O)C(=O)C(=C(O)c4ccc5c(c4)OCCO5)[C@H]3c3ccc(C(C)(C)C)cc3)sc2c1. The molecule has 3 heterocycles. The van der Waals surface area contributed by atoms with Crippen LogP contribution in [0.15, 0.2) is 66.2 Å². The van der Waals surface area contributed by atoms with Crippen molar-refractivity contribution in [2.45, 2.75) is 32.2 Å². The molecule has 3 aromatic carbocycles. The van der Waals surface area contributed by atoms with Crippen molar-refractivity contribution in [2.24, 2.45) is 0 Å². The van der Waals surface area contributed by atoms with Gasteiger partial charge in [0, 0.05) is 5.56 Å². The summed E-state index contributed by atoms with van der Waals surface area (Å²) in [6.07, 6.45) is 0. The minimum atomic E-state index is -0.885. The molecule has 0 bridgehead atoms. The number of aromatic nitrogens is 1. The first kappa shape index (κ1) is 25.9. The van der Waals surface area contributed by atoms with Crippen LogP contribution in [0.1, 0.15) is 43.5 Å². The lowest BCUT2D eigenvalue weighted by Crippen LogP contribution is -2.29. The molecule has 2 aliphatic heterocycles. The number of aliphatic hydroxyl groups is 1. The Kier molecular flexibility index (Phi) is 6.26. The summed E-state index contributed by atoms with van der Waals surface area (Å²) < 4.78 is 17.4. The average molecular weight is 557 g/mol. The number of nitrogens with zero attached hydrogens (tertiary/aromatic N) is 2. The molecule has 1 aromatic heterocycles. The first-order valence-electron chi connectivity index (χ1n) is 12.9. The molecule has 204 valence electrons. The fourth-order valence-electron chi connectivity index (χ4n) is 4.98. The van der Waals surface area contributed by atoms with Crippen LogP contribution >= 0.6 is 11.3 Å². The monoisotopic (exact) mass is 556 g/mol. The smallest absolute Gasteiger partial charge is 0.301 e. The number of ether oxygens (including phenoxy) is 3. The zero-order valence-electron chi connectivity index (χ0n) is 22.6. The number of rotatable bonds is 4. The molecule has 1 atom stereocenters. The van der Waals surface area contributed by atoms with Crippen molar-refractivity contribution >= 4 is 44.1 Å². The molecule has 0 radical (unpaired) electrons. The second kappa shape index (κ2) is 9.67. The minimum Gasteiger partial charge on any atom is -0.507 e. The molecule has 8 nitrogen and oxygen atoms in total. The van der Waals surface area contributed by atoms with Gasteiger partial charge in [-0.1, -0.05) is 56.4 Å². The first-order chi connectivity index (χ1) is 19.2. The van der Waals surface area contributed by atoms with Gasteiger partial charge in [-0.05, 0) is 52.9 Å². The third-order valence-corrected chi connectivity index (χ3v) is 8.16. The zero-order chi connectivity index (χ0) is 28.2. The Morgan fingerprint density at radius 1 is 1.00 bits per heavy atom. The number of carbonyl (C=O) groups is 2. The van der Waals surface area contributed by atoms with E-state index in [1.54, 1.807) is 31.4 Å². The number of hydrogen-bond acceptors (Lipinski definition) is 8. The highest BCUT2D eigenvalue weighted by molar-refractivity contribution is 7.22. The van der Waals surface area contributed by atoms with E-state index in [9.17, 15) is 14.7 Å². The van der Waals surface area contributed by atoms with Gasteiger partial charge in [0.1, 0.15) is 24.7 Å². The van der Waals surface area contributed by atoms with Gasteiger partial charge >= 0.3 is 5.91 Å². The summed E-state index contributed by atoms with van der Waals surface area (Å²) in [5.41, 5.74) is 2.72. The molecular weight excluding hydrogens is 528 g/mol. The lowest BCUT2D eigenvalue weighted by atomic mass is 9.85. The number of thiazole rings is 1. The number of fused-ring (bicyclic) bond motifs is 2. The molecule has 0 spiro atoms. The number of hydrogen-bond donors (Lipinski definition) is 1. The van der Waals surface area contributed by atoms with Gasteiger partial charge in [-0.3, -0.25) is 14.5 Å². The van der Waals surface area contributed by atoms with Crippen molar-refractivity contribution in [2.75, 3.05) is 25.2 Å². The molecule has 0 aliphatic carbocycles. The predicted octanol–water partition coefficient (Wildman–Crippen LogP) is 6.00. The largest absolute Gasteiger partial charge is 0.507 e. The van der Waals surface area contributed by atoms with Crippen LogP contribution in [-0.4, -0.2) is 42.1 Å². The van der Waals surface area contributed by atoms with E-state index in [0.717, 1.165) is 10.3 Å². The molecule has 40 heavy (non-hydrogen) atoms. The van der Waals surface area contributed by atoms with Crippen LogP contribution in [0.3, 0.4) is 0 Å². The van der Waals surface area contributed by atoms with E-state index in [2.05, 4.69) is 25.8 Å². The van der Waals surface area contributed by atoms with Gasteiger partial charge in [-0.25, -0.2) is 4.98 Å². The molecule has 1 saturated heterocycles. The molecule has 1 amide bonds. The summed E-state index contributed by atoms with van der Waals surface area (Å²) in [4.78, 5) is 33.3. The Labute approximate surface area is 235 Å². The average Bonchev–Trinajstić information content (AvgIpc) is 3.49. The van der Waals surface area contributed by atoms with E-state index >= 15 is 0 Å². The fourth-order valence-corrected chi connectivity index (χ4v) is 6.00. The Morgan fingerprint density at radius 2 is 1.73 bits per heavy atom. The topological polar surface area (TPSA) is 98.2 Å². The first-order valence-corrected chi connectivity index (χ1v) is 13.7. The highest BCUT2D eigenvalue weighted by atomic mass is 32.1. The van der Waals surface area contributed by atoms with E-state index in [1.807, 2.05) is 36.4 Å². The maximum Gasteiger partial charge on any atom is 0.301 e. The fraction of sp³-hybridized carbons (Fsp3) is 0.258. The summed E-state index contributed by atoms with van der Waals surface area (Å²) in [5.74, 6) is -0.134. The zero-order valence-corrected chi connectivity index (χ0v) is 23.4. The standard InChI is InChI=1S/C31H28N2O6S/c1-31(2,3)19-8-5-17(6-9-19)26-25(27(34)18-7-12-22-23(15-18)39-14-13-38-22)28(35)29(36)33(26)30-32-21-11-10-20(37-4)16-24(21)40-30/h5-12,15-16,26,34H,13-14H2,1-4H3/t26-/m1/s1. The summed E-state index contributed by atoms with van der Waals surface area (Å²) in [6, 6.07) is 17.3. The molecule has 2 aliphatic rings. The van der Waals surface area contributed by atoms with Gasteiger partial charge in [0.15, 0.2) is 16.6 Å². The molecule has 6 rings (SSSR count). The molecular formula is C31H28N2O6S. The van der Waals surface area contributed by atoms with Crippen molar-refractivity contribution in [3.05, 3.63) is 82.9 Å². The Hall–Kier alpha value is -4.37. The van der Waals surface area contributed by atoms with Gasteiger partial charge in [-0.2, -0.15) is 0 Å². The van der Waals surface area contributed by atoms with Crippen molar-refractivity contribution in [3.63, 3.8) is 0 Å². The number of ketones is 1. The number of amides is 1. The van der Waals surface area contributed by atoms with E-state index < -0.39 is 17.7 Å². The van der Waals surface area contributed by atoms with Crippen LogP contribution in [0.5, 0.6) is 17.2 Å². The number of carbonyl (C=O) groups excluding carboxylic acids is 2. The van der Waals surface area contributed by atoms with Gasteiger partial charge in [0.25, 0.3) is 5.78 Å². The highest BCUT2D eigenvalue weighted by Crippen LogP contribution is 2.45. The Bertz CT molecular complexity index is 1680. The van der Waals surface area contributed by atoms with Crippen LogP contribution in [0.25, 0.3) is 16.0 Å². The lowest BCUT2D eigenvalue weighted by Gasteiger charge is -2.25. The molecule has 1 fully saturated rings. The number of benzene rings is 3. The van der Waals surface area contributed by atoms with Crippen LogP contribution < -0.4 is 19.1 Å². The third kappa shape index (κ3) is 4.36. The Morgan fingerprint density at radius 3 is 2.42 bits per heavy atom. The number of anilines is 1. The van der Waals surface area contributed by atoms with Crippen molar-refractivity contribution < 1.29 is 28.9 Å². The maximum absolute atomic E-state index is 13.6. The lowest BCUT2D eigenvalue weighted by molar-refractivity contribution is -0.132. The van der Waals surface area contributed by atoms with Crippen molar-refractivity contribution in [1.82, 2.24) is 4.98 Å². The third-order valence-electron chi connectivity index (χ3n) is 7.14. The molecule has 4 aromatic rings. The van der Waals surface area contributed by atoms with E-state index in [1.165, 1.54) is 16.2 Å². The molecule has 9 heteroatoms. The molecule has 0 saturated carbocycles.